The summed E-state index contributed by atoms with van der Waals surface area (Å²) in [6.45, 7) is 5.31. The number of rotatable bonds is 2. The third kappa shape index (κ3) is 1.64. The van der Waals surface area contributed by atoms with E-state index in [1.165, 1.54) is 4.68 Å². The fourth-order valence-electron chi connectivity index (χ4n) is 1.32. The number of aromatic nitrogens is 3. The molecule has 0 aliphatic carbocycles. The fraction of sp³-hybridized carbons (Fsp3) is 0.778. The standard InChI is InChI=1S/C9H17FN4/c1-8(2,3)9(10,6-11)7-5-14(4)13-12-7/h5H,6,11H2,1-4H3. The number of nitrogens with zero attached hydrogens (tertiary/aromatic N) is 3. The molecule has 0 saturated heterocycles. The maximum atomic E-state index is 14.5. The molecule has 0 bridgehead atoms. The summed E-state index contributed by atoms with van der Waals surface area (Å²) < 4.78 is 16.0. The first kappa shape index (κ1) is 11.1. The Morgan fingerprint density at radius 1 is 1.50 bits per heavy atom. The number of hydrogen-bond acceptors (Lipinski definition) is 3. The van der Waals surface area contributed by atoms with Gasteiger partial charge in [0.2, 0.25) is 0 Å². The normalized spacial score (nSPS) is 16.7. The summed E-state index contributed by atoms with van der Waals surface area (Å²) in [6, 6.07) is 0. The van der Waals surface area contributed by atoms with E-state index in [1.54, 1.807) is 34.0 Å². The minimum Gasteiger partial charge on any atom is -0.327 e. The van der Waals surface area contributed by atoms with E-state index in [9.17, 15) is 4.39 Å². The minimum absolute atomic E-state index is 0.0881. The summed E-state index contributed by atoms with van der Waals surface area (Å²) in [4.78, 5) is 0. The second-order valence-corrected chi connectivity index (χ2v) is 4.53. The van der Waals surface area contributed by atoms with E-state index < -0.39 is 11.1 Å². The first-order valence-electron chi connectivity index (χ1n) is 4.57. The van der Waals surface area contributed by atoms with E-state index in [2.05, 4.69) is 10.3 Å². The van der Waals surface area contributed by atoms with Crippen molar-refractivity contribution in [1.29, 1.82) is 0 Å². The van der Waals surface area contributed by atoms with Gasteiger partial charge in [0.1, 0.15) is 5.69 Å². The summed E-state index contributed by atoms with van der Waals surface area (Å²) in [6.07, 6.45) is 1.57. The predicted molar refractivity (Wildman–Crippen MR) is 52.3 cm³/mol. The van der Waals surface area contributed by atoms with Crippen LogP contribution < -0.4 is 5.73 Å². The summed E-state index contributed by atoms with van der Waals surface area (Å²) in [7, 11) is 1.70. The number of hydrogen-bond donors (Lipinski definition) is 1. The SMILES string of the molecule is Cn1cc(C(F)(CN)C(C)(C)C)nn1. The first-order chi connectivity index (χ1) is 6.31. The molecule has 1 unspecified atom stereocenters. The van der Waals surface area contributed by atoms with Crippen molar-refractivity contribution in [1.82, 2.24) is 15.0 Å². The van der Waals surface area contributed by atoms with Crippen molar-refractivity contribution in [3.05, 3.63) is 11.9 Å². The highest BCUT2D eigenvalue weighted by Crippen LogP contribution is 2.40. The summed E-state index contributed by atoms with van der Waals surface area (Å²) in [5.74, 6) is 0. The van der Waals surface area contributed by atoms with E-state index in [1.807, 2.05) is 0 Å². The lowest BCUT2D eigenvalue weighted by Gasteiger charge is -2.34. The third-order valence-electron chi connectivity index (χ3n) is 2.48. The van der Waals surface area contributed by atoms with E-state index in [-0.39, 0.29) is 6.54 Å². The zero-order chi connectivity index (χ0) is 11.0. The monoisotopic (exact) mass is 200 g/mol. The van der Waals surface area contributed by atoms with E-state index in [0.29, 0.717) is 5.69 Å². The molecule has 0 radical (unpaired) electrons. The van der Waals surface area contributed by atoms with Crippen molar-refractivity contribution in [3.8, 4) is 0 Å². The molecule has 1 atom stereocenters. The van der Waals surface area contributed by atoms with Gasteiger partial charge in [0.15, 0.2) is 5.67 Å². The Balaban J connectivity index is 3.14. The third-order valence-corrected chi connectivity index (χ3v) is 2.48. The molecule has 14 heavy (non-hydrogen) atoms. The smallest absolute Gasteiger partial charge is 0.172 e. The maximum absolute atomic E-state index is 14.5. The lowest BCUT2D eigenvalue weighted by Crippen LogP contribution is -2.42. The van der Waals surface area contributed by atoms with Crippen molar-refractivity contribution >= 4 is 0 Å². The molecule has 0 fully saturated rings. The molecular weight excluding hydrogens is 183 g/mol. The van der Waals surface area contributed by atoms with Gasteiger partial charge in [-0.25, -0.2) is 4.39 Å². The molecule has 0 aliphatic rings. The molecule has 80 valence electrons. The Bertz CT molecular complexity index is 315. The van der Waals surface area contributed by atoms with Gasteiger partial charge in [-0.3, -0.25) is 4.68 Å². The fourth-order valence-corrected chi connectivity index (χ4v) is 1.32. The minimum atomic E-state index is -1.62. The molecule has 2 N–H and O–H groups in total. The summed E-state index contributed by atoms with van der Waals surface area (Å²) in [5, 5.41) is 7.50. The van der Waals surface area contributed by atoms with Crippen molar-refractivity contribution in [2.24, 2.45) is 18.2 Å². The van der Waals surface area contributed by atoms with Gasteiger partial charge in [-0.1, -0.05) is 26.0 Å². The first-order valence-corrected chi connectivity index (χ1v) is 4.57. The molecule has 0 aromatic carbocycles. The Morgan fingerprint density at radius 2 is 2.07 bits per heavy atom. The van der Waals surface area contributed by atoms with Gasteiger partial charge in [-0.2, -0.15) is 0 Å². The molecule has 1 rings (SSSR count). The molecule has 4 nitrogen and oxygen atoms in total. The summed E-state index contributed by atoms with van der Waals surface area (Å²) >= 11 is 0. The van der Waals surface area contributed by atoms with Crippen LogP contribution >= 0.6 is 0 Å². The molecule has 0 aliphatic heterocycles. The average molecular weight is 200 g/mol. The highest BCUT2D eigenvalue weighted by molar-refractivity contribution is 5.12. The quantitative estimate of drug-likeness (QED) is 0.774. The lowest BCUT2D eigenvalue weighted by atomic mass is 9.76. The molecule has 0 saturated carbocycles. The molecule has 1 heterocycles. The van der Waals surface area contributed by atoms with Gasteiger partial charge in [-0.05, 0) is 0 Å². The predicted octanol–water partition coefficient (Wildman–Crippen LogP) is 0.985. The Morgan fingerprint density at radius 3 is 2.36 bits per heavy atom. The van der Waals surface area contributed by atoms with E-state index in [0.717, 1.165) is 0 Å². The van der Waals surface area contributed by atoms with Gasteiger partial charge >= 0.3 is 0 Å². The van der Waals surface area contributed by atoms with Gasteiger partial charge in [0, 0.05) is 19.0 Å². The number of halogens is 1. The van der Waals surface area contributed by atoms with Crippen LogP contribution in [0.15, 0.2) is 6.20 Å². The number of alkyl halides is 1. The van der Waals surface area contributed by atoms with Gasteiger partial charge in [0.05, 0.1) is 6.20 Å². The molecule has 1 aromatic heterocycles. The Hall–Kier alpha value is -0.970. The van der Waals surface area contributed by atoms with E-state index in [4.69, 9.17) is 5.73 Å². The van der Waals surface area contributed by atoms with Crippen molar-refractivity contribution in [2.75, 3.05) is 6.54 Å². The van der Waals surface area contributed by atoms with E-state index >= 15 is 0 Å². The highest BCUT2D eigenvalue weighted by Gasteiger charge is 2.45. The molecule has 0 amide bonds. The molecule has 0 spiro atoms. The van der Waals surface area contributed by atoms with Crippen molar-refractivity contribution in [2.45, 2.75) is 26.4 Å². The maximum Gasteiger partial charge on any atom is 0.172 e. The van der Waals surface area contributed by atoms with Gasteiger partial charge in [-0.15, -0.1) is 5.10 Å². The number of aryl methyl sites for hydroxylation is 1. The van der Waals surface area contributed by atoms with Crippen LogP contribution in [0.1, 0.15) is 26.5 Å². The van der Waals surface area contributed by atoms with Crippen LogP contribution in [0, 0.1) is 5.41 Å². The van der Waals surface area contributed by atoms with Crippen LogP contribution in [0.25, 0.3) is 0 Å². The van der Waals surface area contributed by atoms with Crippen LogP contribution in [-0.4, -0.2) is 21.5 Å². The second kappa shape index (κ2) is 3.31. The Labute approximate surface area is 83.3 Å². The number of nitrogens with two attached hydrogens (primary N) is 1. The van der Waals surface area contributed by atoms with Crippen LogP contribution in [0.5, 0.6) is 0 Å². The second-order valence-electron chi connectivity index (χ2n) is 4.53. The zero-order valence-corrected chi connectivity index (χ0v) is 9.08. The van der Waals surface area contributed by atoms with Crippen molar-refractivity contribution in [3.63, 3.8) is 0 Å². The van der Waals surface area contributed by atoms with Crippen LogP contribution in [0.2, 0.25) is 0 Å². The lowest BCUT2D eigenvalue weighted by molar-refractivity contribution is 0.0298. The highest BCUT2D eigenvalue weighted by atomic mass is 19.1. The summed E-state index contributed by atoms with van der Waals surface area (Å²) in [5.41, 5.74) is 3.57. The average Bonchev–Trinajstić information content (AvgIpc) is 2.48. The van der Waals surface area contributed by atoms with Crippen LogP contribution in [0.3, 0.4) is 0 Å². The van der Waals surface area contributed by atoms with Gasteiger partial charge < -0.3 is 5.73 Å². The topological polar surface area (TPSA) is 56.7 Å². The van der Waals surface area contributed by atoms with Crippen LogP contribution in [0.4, 0.5) is 4.39 Å². The zero-order valence-electron chi connectivity index (χ0n) is 9.08. The van der Waals surface area contributed by atoms with Crippen molar-refractivity contribution < 1.29 is 4.39 Å². The van der Waals surface area contributed by atoms with Gasteiger partial charge in [0.25, 0.3) is 0 Å². The largest absolute Gasteiger partial charge is 0.327 e. The molecule has 1 aromatic rings. The van der Waals surface area contributed by atoms with Crippen LogP contribution in [-0.2, 0) is 12.7 Å². The molecule has 5 heteroatoms. The Kier molecular flexibility index (Phi) is 2.63. The molecular formula is C9H17FN4.